The number of ether oxygens (including phenoxy) is 1. The van der Waals surface area contributed by atoms with Gasteiger partial charge in [-0.1, -0.05) is 23.7 Å². The number of likely N-dealkylation sites (tertiary alicyclic amines) is 1. The number of aromatic amines is 1. The van der Waals surface area contributed by atoms with Gasteiger partial charge in [-0.3, -0.25) is 9.78 Å². The Hall–Kier alpha value is -2.41. The Morgan fingerprint density at radius 1 is 1.30 bits per heavy atom. The number of halogens is 1. The number of nitrogens with zero attached hydrogens (tertiary/aromatic N) is 3. The number of carbonyl (C=O) groups excluding carboxylic acids is 1. The van der Waals surface area contributed by atoms with E-state index in [-0.39, 0.29) is 18.0 Å². The van der Waals surface area contributed by atoms with E-state index in [0.717, 1.165) is 5.56 Å². The van der Waals surface area contributed by atoms with Gasteiger partial charge >= 0.3 is 11.7 Å². The molecule has 1 aliphatic heterocycles. The van der Waals surface area contributed by atoms with Crippen LogP contribution in [-0.4, -0.2) is 32.9 Å². The van der Waals surface area contributed by atoms with Gasteiger partial charge in [-0.15, -0.1) is 4.98 Å². The summed E-state index contributed by atoms with van der Waals surface area (Å²) in [5, 5.41) is 0.642. The van der Waals surface area contributed by atoms with E-state index in [1.807, 2.05) is 12.1 Å². The number of benzene rings is 1. The van der Waals surface area contributed by atoms with Crippen molar-refractivity contribution in [3.05, 3.63) is 51.2 Å². The van der Waals surface area contributed by atoms with E-state index < -0.39 is 5.69 Å². The number of hydrogen-bond donors (Lipinski definition) is 1. The summed E-state index contributed by atoms with van der Waals surface area (Å²) in [5.74, 6) is 0.407. The molecule has 8 heteroatoms. The molecular weight excluding hydrogens is 320 g/mol. The lowest BCUT2D eigenvalue weighted by molar-refractivity contribution is -0.129. The molecule has 2 heterocycles. The summed E-state index contributed by atoms with van der Waals surface area (Å²) in [6.45, 7) is 0.426. The summed E-state index contributed by atoms with van der Waals surface area (Å²) >= 11 is 5.88. The fraction of sp³-hybridized carbons (Fsp3) is 0.333. The van der Waals surface area contributed by atoms with E-state index >= 15 is 0 Å². The van der Waals surface area contributed by atoms with Crippen LogP contribution in [0.5, 0.6) is 6.01 Å². The SMILES string of the molecule is COc1nc(C2CCC(=O)N2Cc2ccc(Cl)cc2)[nH]c(=O)n1. The monoisotopic (exact) mass is 334 g/mol. The van der Waals surface area contributed by atoms with Crippen LogP contribution in [0, 0.1) is 0 Å². The Balaban J connectivity index is 1.89. The Morgan fingerprint density at radius 3 is 2.74 bits per heavy atom. The minimum Gasteiger partial charge on any atom is -0.467 e. The predicted octanol–water partition coefficient (Wildman–Crippen LogP) is 1.69. The summed E-state index contributed by atoms with van der Waals surface area (Å²) < 4.78 is 4.93. The zero-order valence-corrected chi connectivity index (χ0v) is 13.2. The summed E-state index contributed by atoms with van der Waals surface area (Å²) in [5.41, 5.74) is 0.413. The van der Waals surface area contributed by atoms with Crippen LogP contribution in [0.25, 0.3) is 0 Å². The molecular formula is C15H15ClN4O3. The number of hydrogen-bond acceptors (Lipinski definition) is 5. The number of rotatable bonds is 4. The van der Waals surface area contributed by atoms with Gasteiger partial charge in [0.15, 0.2) is 0 Å². The highest BCUT2D eigenvalue weighted by Crippen LogP contribution is 2.32. The van der Waals surface area contributed by atoms with Gasteiger partial charge in [0.2, 0.25) is 5.91 Å². The molecule has 0 radical (unpaired) electrons. The van der Waals surface area contributed by atoms with Crippen LogP contribution in [-0.2, 0) is 11.3 Å². The molecule has 1 aliphatic rings. The molecule has 1 atom stereocenters. The second-order valence-corrected chi connectivity index (χ2v) is 5.66. The first-order valence-electron chi connectivity index (χ1n) is 7.13. The second-order valence-electron chi connectivity index (χ2n) is 5.23. The average molecular weight is 335 g/mol. The van der Waals surface area contributed by atoms with Crippen LogP contribution in [0.2, 0.25) is 5.02 Å². The number of methoxy groups -OCH3 is 1. The molecule has 1 aromatic carbocycles. The third-order valence-electron chi connectivity index (χ3n) is 3.74. The molecule has 1 N–H and O–H groups in total. The molecule has 3 rings (SSSR count). The fourth-order valence-electron chi connectivity index (χ4n) is 2.63. The van der Waals surface area contributed by atoms with Crippen molar-refractivity contribution in [2.75, 3.05) is 7.11 Å². The molecule has 120 valence electrons. The van der Waals surface area contributed by atoms with E-state index in [9.17, 15) is 9.59 Å². The molecule has 1 amide bonds. The lowest BCUT2D eigenvalue weighted by Crippen LogP contribution is -2.30. The summed E-state index contributed by atoms with van der Waals surface area (Å²) in [7, 11) is 1.39. The number of H-pyrrole nitrogens is 1. The highest BCUT2D eigenvalue weighted by molar-refractivity contribution is 6.30. The van der Waals surface area contributed by atoms with Crippen molar-refractivity contribution in [1.82, 2.24) is 19.9 Å². The minimum atomic E-state index is -0.544. The molecule has 1 unspecified atom stereocenters. The third kappa shape index (κ3) is 3.34. The first-order chi connectivity index (χ1) is 11.1. The lowest BCUT2D eigenvalue weighted by atomic mass is 10.1. The summed E-state index contributed by atoms with van der Waals surface area (Å²) in [6.07, 6.45) is 0.995. The minimum absolute atomic E-state index is 0.00505. The largest absolute Gasteiger partial charge is 0.467 e. The van der Waals surface area contributed by atoms with E-state index in [1.165, 1.54) is 7.11 Å². The van der Waals surface area contributed by atoms with E-state index in [2.05, 4.69) is 15.0 Å². The van der Waals surface area contributed by atoms with E-state index in [4.69, 9.17) is 16.3 Å². The molecule has 0 spiro atoms. The molecule has 1 fully saturated rings. The van der Waals surface area contributed by atoms with Crippen molar-refractivity contribution in [3.63, 3.8) is 0 Å². The molecule has 23 heavy (non-hydrogen) atoms. The predicted molar refractivity (Wildman–Crippen MR) is 83.2 cm³/mol. The molecule has 1 saturated heterocycles. The third-order valence-corrected chi connectivity index (χ3v) is 3.99. The van der Waals surface area contributed by atoms with Gasteiger partial charge in [0.1, 0.15) is 5.82 Å². The van der Waals surface area contributed by atoms with Crippen molar-refractivity contribution in [1.29, 1.82) is 0 Å². The standard InChI is InChI=1S/C15H15ClN4O3/c1-23-15-18-13(17-14(22)19-15)11-6-7-12(21)20(11)8-9-2-4-10(16)5-3-9/h2-5,11H,6-8H2,1H3,(H,17,18,19,22). The van der Waals surface area contributed by atoms with Gasteiger partial charge in [-0.05, 0) is 24.1 Å². The Kier molecular flexibility index (Phi) is 4.29. The topological polar surface area (TPSA) is 88.2 Å². The highest BCUT2D eigenvalue weighted by Gasteiger charge is 2.34. The number of amides is 1. The van der Waals surface area contributed by atoms with E-state index in [1.54, 1.807) is 17.0 Å². The Labute approximate surface area is 137 Å². The average Bonchev–Trinajstić information content (AvgIpc) is 2.90. The van der Waals surface area contributed by atoms with Gasteiger partial charge in [-0.25, -0.2) is 4.79 Å². The van der Waals surface area contributed by atoms with Gasteiger partial charge in [0.25, 0.3) is 0 Å². The number of aromatic nitrogens is 3. The van der Waals surface area contributed by atoms with Crippen LogP contribution in [0.1, 0.15) is 30.3 Å². The van der Waals surface area contributed by atoms with Crippen molar-refractivity contribution in [2.45, 2.75) is 25.4 Å². The molecule has 0 aliphatic carbocycles. The zero-order valence-electron chi connectivity index (χ0n) is 12.5. The Morgan fingerprint density at radius 2 is 2.04 bits per heavy atom. The van der Waals surface area contributed by atoms with Crippen molar-refractivity contribution in [2.24, 2.45) is 0 Å². The maximum absolute atomic E-state index is 12.2. The lowest BCUT2D eigenvalue weighted by Gasteiger charge is -2.24. The smallest absolute Gasteiger partial charge is 0.351 e. The molecule has 7 nitrogen and oxygen atoms in total. The maximum atomic E-state index is 12.2. The van der Waals surface area contributed by atoms with Gasteiger partial charge < -0.3 is 9.64 Å². The molecule has 1 aromatic heterocycles. The first kappa shape index (κ1) is 15.5. The first-order valence-corrected chi connectivity index (χ1v) is 7.51. The van der Waals surface area contributed by atoms with Gasteiger partial charge in [-0.2, -0.15) is 4.98 Å². The van der Waals surface area contributed by atoms with Crippen molar-refractivity contribution in [3.8, 4) is 6.01 Å². The maximum Gasteiger partial charge on any atom is 0.351 e. The van der Waals surface area contributed by atoms with Crippen LogP contribution in [0.3, 0.4) is 0 Å². The number of nitrogens with one attached hydrogen (secondary N) is 1. The fourth-order valence-corrected chi connectivity index (χ4v) is 2.76. The van der Waals surface area contributed by atoms with Crippen molar-refractivity contribution >= 4 is 17.5 Å². The molecule has 0 saturated carbocycles. The number of carbonyl (C=O) groups is 1. The van der Waals surface area contributed by atoms with Crippen molar-refractivity contribution < 1.29 is 9.53 Å². The quantitative estimate of drug-likeness (QED) is 0.919. The normalized spacial score (nSPS) is 17.6. The van der Waals surface area contributed by atoms with Gasteiger partial charge in [0.05, 0.1) is 13.2 Å². The Bertz CT molecular complexity index is 775. The van der Waals surface area contributed by atoms with E-state index in [0.29, 0.717) is 30.2 Å². The van der Waals surface area contributed by atoms with Crippen LogP contribution < -0.4 is 10.4 Å². The van der Waals surface area contributed by atoms with Crippen LogP contribution >= 0.6 is 11.6 Å². The van der Waals surface area contributed by atoms with Crippen LogP contribution in [0.4, 0.5) is 0 Å². The highest BCUT2D eigenvalue weighted by atomic mass is 35.5. The van der Waals surface area contributed by atoms with Crippen LogP contribution in [0.15, 0.2) is 29.1 Å². The second kappa shape index (κ2) is 6.37. The molecule has 0 bridgehead atoms. The molecule has 2 aromatic rings. The summed E-state index contributed by atoms with van der Waals surface area (Å²) in [6, 6.07) is 6.99. The van der Waals surface area contributed by atoms with Gasteiger partial charge in [0, 0.05) is 18.0 Å². The summed E-state index contributed by atoms with van der Waals surface area (Å²) in [4.78, 5) is 35.9. The zero-order chi connectivity index (χ0) is 16.4.